The molecule has 3 amide bonds. The van der Waals surface area contributed by atoms with E-state index in [0.717, 1.165) is 41.8 Å². The molecule has 0 saturated carbocycles. The number of ether oxygens (including phenoxy) is 2. The van der Waals surface area contributed by atoms with Gasteiger partial charge in [0.2, 0.25) is 11.8 Å². The molecule has 4 aliphatic heterocycles. The first-order valence-corrected chi connectivity index (χ1v) is 23.4. The lowest BCUT2D eigenvalue weighted by molar-refractivity contribution is -0.151. The minimum absolute atomic E-state index is 0.0583. The fraction of sp³-hybridized carbons (Fsp3) is 0.400. The standard InChI is InChI=1S/C45H51ClN4O6Si/c1-28-42(57(3,4)36-17-15-35(55-2)16-18-36)40(24-41(52)49-26-31-11-6-5-10-30(31)22-34(49)27-51)56-45(28)37-23-32(46)14-19-39(37)50(44(45)54)25-29-9-7-12-33(21-29)48-43(53)38-13-8-20-47-38/h5-7,9-12,14-19,21,23,28,34,38,40,42,47,51H,8,13,20,22,24-27H2,1-4H3,(H,48,53)/t28-,34+,38-,40+,42-,45+/m1/s1. The SMILES string of the molecule is COc1ccc([Si](C)(C)[C@H]2[C@H](CC(=O)N3Cc4ccccc4C[C@H]3CO)O[C@@]3(C(=O)N(Cc4cccc(NC(=O)[C@H]5CCCN5)c4)c4ccc(Cl)cc43)[C@@H]2C)cc1. The number of methoxy groups -OCH3 is 1. The highest BCUT2D eigenvalue weighted by Gasteiger charge is 2.66. The van der Waals surface area contributed by atoms with Crippen LogP contribution >= 0.6 is 11.6 Å². The topological polar surface area (TPSA) is 120 Å². The van der Waals surface area contributed by atoms with Crippen LogP contribution in [0.3, 0.4) is 0 Å². The van der Waals surface area contributed by atoms with Crippen molar-refractivity contribution >= 4 is 54.0 Å². The summed E-state index contributed by atoms with van der Waals surface area (Å²) in [7, 11) is -0.898. The number of anilines is 2. The van der Waals surface area contributed by atoms with E-state index in [1.807, 2.05) is 66.7 Å². The zero-order valence-corrected chi connectivity index (χ0v) is 34.7. The number of fused-ring (bicyclic) bond motifs is 3. The monoisotopic (exact) mass is 806 g/mol. The van der Waals surface area contributed by atoms with Crippen LogP contribution in [0.2, 0.25) is 23.7 Å². The molecule has 12 heteroatoms. The number of carbonyl (C=O) groups excluding carboxylic acids is 3. The summed E-state index contributed by atoms with van der Waals surface area (Å²) < 4.78 is 12.8. The Balaban J connectivity index is 1.15. The van der Waals surface area contributed by atoms with E-state index in [1.54, 1.807) is 23.0 Å². The maximum absolute atomic E-state index is 15.4. The Labute approximate surface area is 340 Å². The molecule has 298 valence electrons. The van der Waals surface area contributed by atoms with Crippen LogP contribution in [0.4, 0.5) is 11.4 Å². The molecule has 8 rings (SSSR count). The van der Waals surface area contributed by atoms with Crippen LogP contribution in [0, 0.1) is 5.92 Å². The van der Waals surface area contributed by atoms with Gasteiger partial charge in [-0.05, 0) is 90.5 Å². The van der Waals surface area contributed by atoms with Crippen molar-refractivity contribution in [3.8, 4) is 5.75 Å². The summed E-state index contributed by atoms with van der Waals surface area (Å²) in [5.74, 6) is 0.0448. The smallest absolute Gasteiger partial charge is 0.264 e. The molecule has 2 saturated heterocycles. The molecular weight excluding hydrogens is 756 g/mol. The third kappa shape index (κ3) is 7.07. The Bertz CT molecular complexity index is 2180. The predicted molar refractivity (Wildman–Crippen MR) is 225 cm³/mol. The van der Waals surface area contributed by atoms with E-state index in [2.05, 4.69) is 48.9 Å². The minimum Gasteiger partial charge on any atom is -0.497 e. The van der Waals surface area contributed by atoms with Crippen LogP contribution < -0.4 is 25.5 Å². The van der Waals surface area contributed by atoms with Crippen LogP contribution in [0.5, 0.6) is 5.75 Å². The summed E-state index contributed by atoms with van der Waals surface area (Å²) in [6, 6.07) is 28.8. The summed E-state index contributed by atoms with van der Waals surface area (Å²) in [4.78, 5) is 46.5. The minimum atomic E-state index is -2.55. The summed E-state index contributed by atoms with van der Waals surface area (Å²) >= 11 is 6.74. The first-order valence-electron chi connectivity index (χ1n) is 20.0. The van der Waals surface area contributed by atoms with Crippen LogP contribution in [0.1, 0.15) is 48.4 Å². The fourth-order valence-corrected chi connectivity index (χ4v) is 14.2. The maximum atomic E-state index is 15.4. The van der Waals surface area contributed by atoms with Gasteiger partial charge in [0.15, 0.2) is 5.60 Å². The molecule has 0 bridgehead atoms. The van der Waals surface area contributed by atoms with E-state index in [4.69, 9.17) is 21.1 Å². The van der Waals surface area contributed by atoms with E-state index in [-0.39, 0.29) is 60.8 Å². The van der Waals surface area contributed by atoms with Crippen molar-refractivity contribution in [2.45, 2.75) is 88.1 Å². The van der Waals surface area contributed by atoms with Crippen molar-refractivity contribution in [2.75, 3.05) is 30.5 Å². The molecule has 10 nitrogen and oxygen atoms in total. The number of nitrogens with zero attached hydrogens (tertiary/aromatic N) is 2. The normalized spacial score (nSPS) is 25.4. The van der Waals surface area contributed by atoms with Gasteiger partial charge in [-0.15, -0.1) is 0 Å². The summed E-state index contributed by atoms with van der Waals surface area (Å²) in [5.41, 5.74) is 3.56. The number of aliphatic hydroxyl groups is 1. The number of nitrogens with one attached hydrogen (secondary N) is 2. The van der Waals surface area contributed by atoms with Crippen LogP contribution in [-0.4, -0.2) is 74.3 Å². The van der Waals surface area contributed by atoms with Gasteiger partial charge in [0.05, 0.1) is 58.6 Å². The van der Waals surface area contributed by atoms with Crippen LogP contribution in [0.15, 0.2) is 91.0 Å². The van der Waals surface area contributed by atoms with Crippen molar-refractivity contribution < 1.29 is 29.0 Å². The second kappa shape index (κ2) is 15.7. The van der Waals surface area contributed by atoms with Gasteiger partial charge in [0.1, 0.15) is 5.75 Å². The highest BCUT2D eigenvalue weighted by atomic mass is 35.5. The third-order valence-electron chi connectivity index (χ3n) is 13.0. The third-order valence-corrected chi connectivity index (χ3v) is 17.6. The Hall–Kier alpha value is -4.52. The molecule has 0 unspecified atom stereocenters. The maximum Gasteiger partial charge on any atom is 0.264 e. The van der Waals surface area contributed by atoms with Gasteiger partial charge < -0.3 is 35.0 Å². The Kier molecular flexibility index (Phi) is 10.8. The average Bonchev–Trinajstić information content (AvgIpc) is 3.91. The molecule has 57 heavy (non-hydrogen) atoms. The van der Waals surface area contributed by atoms with Gasteiger partial charge in [-0.3, -0.25) is 14.4 Å². The summed E-state index contributed by atoms with van der Waals surface area (Å²) in [6.45, 7) is 8.01. The van der Waals surface area contributed by atoms with E-state index in [9.17, 15) is 14.7 Å². The molecule has 3 N–H and O–H groups in total. The van der Waals surface area contributed by atoms with E-state index in [1.165, 1.54) is 5.19 Å². The molecule has 0 radical (unpaired) electrons. The number of carbonyl (C=O) groups is 3. The van der Waals surface area contributed by atoms with E-state index < -0.39 is 19.8 Å². The number of halogens is 1. The number of rotatable bonds is 10. The molecule has 4 heterocycles. The highest BCUT2D eigenvalue weighted by molar-refractivity contribution is 6.91. The number of benzene rings is 4. The second-order valence-electron chi connectivity index (χ2n) is 16.6. The quantitative estimate of drug-likeness (QED) is 0.165. The number of aliphatic hydroxyl groups excluding tert-OH is 1. The number of amides is 3. The highest BCUT2D eigenvalue weighted by Crippen LogP contribution is 2.60. The van der Waals surface area contributed by atoms with E-state index >= 15 is 4.79 Å². The van der Waals surface area contributed by atoms with Crippen LogP contribution in [-0.2, 0) is 44.2 Å². The van der Waals surface area contributed by atoms with Crippen molar-refractivity contribution in [3.05, 3.63) is 118 Å². The van der Waals surface area contributed by atoms with Crippen molar-refractivity contribution in [1.82, 2.24) is 10.2 Å². The average molecular weight is 807 g/mol. The van der Waals surface area contributed by atoms with Gasteiger partial charge >= 0.3 is 0 Å². The first-order chi connectivity index (χ1) is 27.4. The second-order valence-corrected chi connectivity index (χ2v) is 21.7. The molecule has 2 fully saturated rings. The Morgan fingerprint density at radius 1 is 1.04 bits per heavy atom. The largest absolute Gasteiger partial charge is 0.497 e. The van der Waals surface area contributed by atoms with Gasteiger partial charge in [-0.1, -0.05) is 85.3 Å². The van der Waals surface area contributed by atoms with Crippen molar-refractivity contribution in [1.29, 1.82) is 0 Å². The van der Waals surface area contributed by atoms with Crippen molar-refractivity contribution in [2.24, 2.45) is 5.92 Å². The molecule has 6 atom stereocenters. The lowest BCUT2D eigenvalue weighted by atomic mass is 9.82. The van der Waals surface area contributed by atoms with Crippen LogP contribution in [0.25, 0.3) is 0 Å². The number of hydrogen-bond donors (Lipinski definition) is 3. The lowest BCUT2D eigenvalue weighted by Crippen LogP contribution is -2.52. The van der Waals surface area contributed by atoms with Gasteiger partial charge in [0.25, 0.3) is 5.91 Å². The molecule has 0 aromatic heterocycles. The number of hydrogen-bond acceptors (Lipinski definition) is 7. The molecule has 1 spiro atoms. The molecule has 0 aliphatic carbocycles. The predicted octanol–water partition coefficient (Wildman–Crippen LogP) is 6.14. The zero-order valence-electron chi connectivity index (χ0n) is 33.0. The first kappa shape index (κ1) is 39.3. The Morgan fingerprint density at radius 3 is 2.53 bits per heavy atom. The molecule has 4 aromatic carbocycles. The zero-order chi connectivity index (χ0) is 40.1. The summed E-state index contributed by atoms with van der Waals surface area (Å²) in [5, 5.41) is 18.4. The summed E-state index contributed by atoms with van der Waals surface area (Å²) in [6.07, 6.45) is 1.79. The van der Waals surface area contributed by atoms with Crippen molar-refractivity contribution in [3.63, 3.8) is 0 Å². The van der Waals surface area contributed by atoms with Gasteiger partial charge in [-0.2, -0.15) is 0 Å². The van der Waals surface area contributed by atoms with Gasteiger partial charge in [-0.25, -0.2) is 0 Å². The molecular formula is C45H51ClN4O6Si. The van der Waals surface area contributed by atoms with E-state index in [0.29, 0.717) is 34.9 Å². The van der Waals surface area contributed by atoms with Gasteiger partial charge in [0, 0.05) is 28.7 Å². The molecule has 4 aliphatic rings. The lowest BCUT2D eigenvalue weighted by Gasteiger charge is -2.39. The Morgan fingerprint density at radius 2 is 1.81 bits per heavy atom. The molecule has 4 aromatic rings. The fourth-order valence-electron chi connectivity index (χ4n) is 10.0.